The number of rotatable bonds is 5. The summed E-state index contributed by atoms with van der Waals surface area (Å²) in [5.41, 5.74) is -1.10. The van der Waals surface area contributed by atoms with Crippen molar-refractivity contribution in [3.05, 3.63) is 0 Å². The van der Waals surface area contributed by atoms with Crippen molar-refractivity contribution in [1.82, 2.24) is 4.90 Å². The van der Waals surface area contributed by atoms with Crippen molar-refractivity contribution in [2.45, 2.75) is 45.1 Å². The first-order valence-corrected chi connectivity index (χ1v) is 6.97. The average Bonchev–Trinajstić information content (AvgIpc) is 2.50. The molecule has 1 aliphatic rings. The van der Waals surface area contributed by atoms with Gasteiger partial charge in [-0.05, 0) is 31.8 Å². The molecule has 1 heterocycles. The van der Waals surface area contributed by atoms with E-state index in [0.717, 1.165) is 10.7 Å². The van der Waals surface area contributed by atoms with Crippen LogP contribution in [0.1, 0.15) is 27.2 Å². The number of aliphatic carboxylic acids is 1. The van der Waals surface area contributed by atoms with E-state index in [1.165, 1.54) is 0 Å². The maximum atomic E-state index is 11.3. The van der Waals surface area contributed by atoms with E-state index < -0.39 is 29.9 Å². The Morgan fingerprint density at radius 1 is 1.39 bits per heavy atom. The molecule has 1 aliphatic heterocycles. The summed E-state index contributed by atoms with van der Waals surface area (Å²) in [4.78, 5) is 23.5. The lowest BCUT2D eigenvalue weighted by Gasteiger charge is -2.30. The Morgan fingerprint density at radius 3 is 2.44 bits per heavy atom. The van der Waals surface area contributed by atoms with Crippen molar-refractivity contribution in [3.8, 4) is 0 Å². The molecule has 0 aliphatic carbocycles. The molecule has 1 rings (SSSR count). The number of thioether (sulfide) groups is 1. The summed E-state index contributed by atoms with van der Waals surface area (Å²) in [7, 11) is 0. The first-order valence-electron chi connectivity index (χ1n) is 5.82. The fraction of sp³-hybridized carbons (Fsp3) is 0.818. The molecule has 0 aromatic rings. The fourth-order valence-electron chi connectivity index (χ4n) is 2.20. The van der Waals surface area contributed by atoms with Crippen molar-refractivity contribution in [2.24, 2.45) is 0 Å². The molecule has 2 atom stereocenters. The van der Waals surface area contributed by atoms with Crippen molar-refractivity contribution in [1.29, 1.82) is 0 Å². The van der Waals surface area contributed by atoms with E-state index in [-0.39, 0.29) is 0 Å². The van der Waals surface area contributed by atoms with Gasteiger partial charge in [0.1, 0.15) is 5.72 Å². The highest BCUT2D eigenvalue weighted by molar-refractivity contribution is 7.99. The summed E-state index contributed by atoms with van der Waals surface area (Å²) >= 11 is 1.65. The quantitative estimate of drug-likeness (QED) is 0.744. The minimum Gasteiger partial charge on any atom is -0.479 e. The van der Waals surface area contributed by atoms with Crippen LogP contribution in [0.25, 0.3) is 0 Å². The third-order valence-corrected chi connectivity index (χ3v) is 3.82. The van der Waals surface area contributed by atoms with Gasteiger partial charge in [-0.15, -0.1) is 0 Å². The molecular weight excluding hydrogens is 258 g/mol. The highest BCUT2D eigenvalue weighted by Gasteiger charge is 2.52. The van der Waals surface area contributed by atoms with Crippen LogP contribution in [-0.4, -0.2) is 56.6 Å². The maximum absolute atomic E-state index is 11.3. The molecule has 1 saturated heterocycles. The molecule has 7 heteroatoms. The van der Waals surface area contributed by atoms with Crippen LogP contribution in [-0.2, 0) is 9.53 Å². The second kappa shape index (κ2) is 5.79. The van der Waals surface area contributed by atoms with Gasteiger partial charge < -0.3 is 14.9 Å². The van der Waals surface area contributed by atoms with Gasteiger partial charge in [-0.2, -0.15) is 11.8 Å². The van der Waals surface area contributed by atoms with E-state index >= 15 is 0 Å². The molecular formula is C11H19NO5S. The standard InChI is InChI=1S/C11H19NO5S/c1-4-18-6-5-7-8(9(13)14)17-11(2,3)12(7)10(15)16/h7-8H,4-6H2,1-3H3,(H,13,14)(H,15,16)/t7-,8-/m0/s1. The van der Waals surface area contributed by atoms with E-state index in [1.807, 2.05) is 6.92 Å². The summed E-state index contributed by atoms with van der Waals surface area (Å²) in [5, 5.41) is 18.3. The first-order chi connectivity index (χ1) is 8.31. The number of carbonyl (C=O) groups is 2. The molecule has 0 unspecified atom stereocenters. The van der Waals surface area contributed by atoms with E-state index in [2.05, 4.69) is 0 Å². The Kier molecular flexibility index (Phi) is 4.86. The van der Waals surface area contributed by atoms with E-state index in [1.54, 1.807) is 25.6 Å². The van der Waals surface area contributed by atoms with Gasteiger partial charge in [0.25, 0.3) is 0 Å². The Labute approximate surface area is 110 Å². The number of hydrogen-bond donors (Lipinski definition) is 2. The summed E-state index contributed by atoms with van der Waals surface area (Å²) in [6, 6.07) is -0.631. The van der Waals surface area contributed by atoms with E-state index in [0.29, 0.717) is 12.2 Å². The van der Waals surface area contributed by atoms with Crippen LogP contribution in [0.3, 0.4) is 0 Å². The molecule has 0 bridgehead atoms. The smallest absolute Gasteiger partial charge is 0.409 e. The van der Waals surface area contributed by atoms with Crippen molar-refractivity contribution in [3.63, 3.8) is 0 Å². The number of amides is 1. The molecule has 0 saturated carbocycles. The molecule has 104 valence electrons. The number of nitrogens with zero attached hydrogens (tertiary/aromatic N) is 1. The second-order valence-electron chi connectivity index (χ2n) is 4.53. The predicted molar refractivity (Wildman–Crippen MR) is 67.9 cm³/mol. The zero-order chi connectivity index (χ0) is 13.9. The molecule has 1 amide bonds. The minimum atomic E-state index is -1.14. The number of carboxylic acid groups (broad SMARTS) is 2. The van der Waals surface area contributed by atoms with Gasteiger partial charge >= 0.3 is 12.1 Å². The zero-order valence-corrected chi connectivity index (χ0v) is 11.6. The summed E-state index contributed by atoms with van der Waals surface area (Å²) in [5.74, 6) is 0.522. The van der Waals surface area contributed by atoms with Gasteiger partial charge in [0.15, 0.2) is 6.10 Å². The Bertz CT molecular complexity index is 333. The highest BCUT2D eigenvalue weighted by atomic mass is 32.2. The summed E-state index contributed by atoms with van der Waals surface area (Å²) in [6.45, 7) is 5.15. The maximum Gasteiger partial charge on any atom is 0.409 e. The third-order valence-electron chi connectivity index (χ3n) is 2.89. The lowest BCUT2D eigenvalue weighted by atomic mass is 10.1. The van der Waals surface area contributed by atoms with Gasteiger partial charge in [0.2, 0.25) is 0 Å². The van der Waals surface area contributed by atoms with Crippen LogP contribution >= 0.6 is 11.8 Å². The first kappa shape index (κ1) is 15.1. The molecule has 0 radical (unpaired) electrons. The van der Waals surface area contributed by atoms with Gasteiger partial charge in [0, 0.05) is 0 Å². The number of ether oxygens (including phenoxy) is 1. The van der Waals surface area contributed by atoms with E-state index in [4.69, 9.17) is 9.84 Å². The van der Waals surface area contributed by atoms with Crippen LogP contribution in [0.2, 0.25) is 0 Å². The zero-order valence-electron chi connectivity index (χ0n) is 10.8. The van der Waals surface area contributed by atoms with E-state index in [9.17, 15) is 14.7 Å². The minimum absolute atomic E-state index is 0.477. The van der Waals surface area contributed by atoms with Crippen molar-refractivity contribution >= 4 is 23.8 Å². The fourth-order valence-corrected chi connectivity index (χ4v) is 2.89. The molecule has 2 N–H and O–H groups in total. The molecule has 1 fully saturated rings. The van der Waals surface area contributed by atoms with Crippen LogP contribution in [0.4, 0.5) is 4.79 Å². The van der Waals surface area contributed by atoms with Gasteiger partial charge in [-0.1, -0.05) is 6.92 Å². The van der Waals surface area contributed by atoms with Gasteiger partial charge in [-0.25, -0.2) is 9.59 Å². The number of hydrogen-bond acceptors (Lipinski definition) is 4. The largest absolute Gasteiger partial charge is 0.479 e. The third kappa shape index (κ3) is 3.08. The molecule has 18 heavy (non-hydrogen) atoms. The average molecular weight is 277 g/mol. The highest BCUT2D eigenvalue weighted by Crippen LogP contribution is 2.34. The van der Waals surface area contributed by atoms with Crippen molar-refractivity contribution < 1.29 is 24.5 Å². The lowest BCUT2D eigenvalue weighted by Crippen LogP contribution is -2.48. The Morgan fingerprint density at radius 2 is 2.00 bits per heavy atom. The van der Waals surface area contributed by atoms with Crippen LogP contribution < -0.4 is 0 Å². The molecule has 0 aromatic carbocycles. The van der Waals surface area contributed by atoms with Crippen LogP contribution in [0.15, 0.2) is 0 Å². The molecule has 0 spiro atoms. The molecule has 0 aromatic heterocycles. The predicted octanol–water partition coefficient (Wildman–Crippen LogP) is 1.70. The van der Waals surface area contributed by atoms with Gasteiger partial charge in [0.05, 0.1) is 6.04 Å². The second-order valence-corrected chi connectivity index (χ2v) is 5.92. The normalized spacial score (nSPS) is 26.3. The molecule has 6 nitrogen and oxygen atoms in total. The van der Waals surface area contributed by atoms with Crippen LogP contribution in [0, 0.1) is 0 Å². The lowest BCUT2D eigenvalue weighted by molar-refractivity contribution is -0.154. The van der Waals surface area contributed by atoms with Crippen LogP contribution in [0.5, 0.6) is 0 Å². The topological polar surface area (TPSA) is 87.1 Å². The summed E-state index contributed by atoms with van der Waals surface area (Å²) < 4.78 is 5.36. The summed E-state index contributed by atoms with van der Waals surface area (Å²) in [6.07, 6.45) is -1.76. The van der Waals surface area contributed by atoms with Crippen molar-refractivity contribution in [2.75, 3.05) is 11.5 Å². The Hall–Kier alpha value is -0.950. The van der Waals surface area contributed by atoms with Gasteiger partial charge in [-0.3, -0.25) is 4.90 Å². The SMILES string of the molecule is CCSCC[C@H]1[C@@H](C(=O)O)OC(C)(C)N1C(=O)O. The Balaban J connectivity index is 2.88. The monoisotopic (exact) mass is 277 g/mol. The number of carboxylic acids is 1.